The number of hydrogen-bond acceptors (Lipinski definition) is 6. The van der Waals surface area contributed by atoms with Crippen LogP contribution in [0.25, 0.3) is 0 Å². The van der Waals surface area contributed by atoms with Crippen molar-refractivity contribution in [1.29, 1.82) is 5.41 Å². The van der Waals surface area contributed by atoms with Crippen LogP contribution in [0.15, 0.2) is 9.98 Å². The molecule has 0 aromatic rings. The van der Waals surface area contributed by atoms with Crippen molar-refractivity contribution in [3.8, 4) is 0 Å². The Morgan fingerprint density at radius 1 is 1.00 bits per heavy atom. The largest absolute Gasteiger partial charge is 0.235 e. The third-order valence-electron chi connectivity index (χ3n) is 0.453. The van der Waals surface area contributed by atoms with E-state index in [0.29, 0.717) is 0 Å². The lowest BCUT2D eigenvalue weighted by Gasteiger charge is -1.74. The van der Waals surface area contributed by atoms with E-state index in [1.165, 1.54) is 12.2 Å². The molecule has 0 fully saturated rings. The number of isocyanates is 3. The highest BCUT2D eigenvalue weighted by Gasteiger charge is 1.73. The molecule has 0 amide bonds. The Kier molecular flexibility index (Phi) is 17.0. The quantitative estimate of drug-likeness (QED) is 0.339. The van der Waals surface area contributed by atoms with E-state index in [4.69, 9.17) is 10.2 Å². The minimum Gasteiger partial charge on any atom is -0.222 e. The molecule has 0 heterocycles. The molecule has 6 nitrogen and oxygen atoms in total. The van der Waals surface area contributed by atoms with E-state index in [1.807, 2.05) is 0 Å². The zero-order chi connectivity index (χ0) is 8.95. The summed E-state index contributed by atoms with van der Waals surface area (Å²) < 4.78 is 0. The van der Waals surface area contributed by atoms with E-state index in [9.17, 15) is 9.59 Å². The van der Waals surface area contributed by atoms with E-state index >= 15 is 0 Å². The lowest BCUT2D eigenvalue weighted by atomic mass is 10.7. The van der Waals surface area contributed by atoms with Gasteiger partial charge in [-0.3, -0.25) is 0 Å². The summed E-state index contributed by atoms with van der Waals surface area (Å²) in [5.41, 5.74) is 0. The Morgan fingerprint density at radius 3 is 1.45 bits per heavy atom. The highest BCUT2D eigenvalue weighted by atomic mass is 16.1. The Morgan fingerprint density at radius 2 is 1.27 bits per heavy atom. The molecule has 0 radical (unpaired) electrons. The van der Waals surface area contributed by atoms with Crippen LogP contribution in [-0.2, 0) is 14.4 Å². The van der Waals surface area contributed by atoms with Crippen LogP contribution >= 0.6 is 0 Å². The van der Waals surface area contributed by atoms with Crippen molar-refractivity contribution in [3.63, 3.8) is 0 Å². The summed E-state index contributed by atoms with van der Waals surface area (Å²) in [6.45, 7) is 0.442. The van der Waals surface area contributed by atoms with Gasteiger partial charge >= 0.3 is 0 Å². The average Bonchev–Trinajstić information content (AvgIpc) is 2.00. The van der Waals surface area contributed by atoms with E-state index in [2.05, 4.69) is 9.98 Å². The van der Waals surface area contributed by atoms with Crippen molar-refractivity contribution in [3.05, 3.63) is 0 Å². The first-order chi connectivity index (χ1) is 5.33. The standard InChI is InChI=1S/C4H4N2O2.CHNO/c7-3-5-1-2-6-4-8;2-1-3/h1-2H2;2H. The number of nitrogens with zero attached hydrogens (tertiary/aromatic N) is 2. The van der Waals surface area contributed by atoms with Gasteiger partial charge in [-0.15, -0.1) is 0 Å². The molecule has 0 atom stereocenters. The molecule has 0 saturated carbocycles. The summed E-state index contributed by atoms with van der Waals surface area (Å²) in [6, 6.07) is 0. The fourth-order valence-electron chi connectivity index (χ4n) is 0.191. The molecule has 1 N–H and O–H groups in total. The fraction of sp³-hybridized carbons (Fsp3) is 0.400. The Labute approximate surface area is 62.2 Å². The van der Waals surface area contributed by atoms with Crippen molar-refractivity contribution in [2.24, 2.45) is 9.98 Å². The highest BCUT2D eigenvalue weighted by molar-refractivity contribution is 5.34. The van der Waals surface area contributed by atoms with Gasteiger partial charge < -0.3 is 0 Å². The van der Waals surface area contributed by atoms with Gasteiger partial charge in [0.2, 0.25) is 18.2 Å². The zero-order valence-corrected chi connectivity index (χ0v) is 5.53. The van der Waals surface area contributed by atoms with Crippen molar-refractivity contribution in [2.75, 3.05) is 13.1 Å². The van der Waals surface area contributed by atoms with Gasteiger partial charge in [0.1, 0.15) is 0 Å². The first-order valence-corrected chi connectivity index (χ1v) is 2.44. The summed E-state index contributed by atoms with van der Waals surface area (Å²) in [5, 5.41) is 5.40. The van der Waals surface area contributed by atoms with Crippen LogP contribution in [-0.4, -0.2) is 31.3 Å². The van der Waals surface area contributed by atoms with Gasteiger partial charge in [-0.25, -0.2) is 29.8 Å². The van der Waals surface area contributed by atoms with Gasteiger partial charge in [-0.2, -0.15) is 0 Å². The van der Waals surface area contributed by atoms with Crippen molar-refractivity contribution < 1.29 is 14.4 Å². The maximum Gasteiger partial charge on any atom is 0.235 e. The molecule has 11 heavy (non-hydrogen) atoms. The molecule has 0 aliphatic carbocycles. The van der Waals surface area contributed by atoms with Gasteiger partial charge in [0.05, 0.1) is 13.1 Å². The second kappa shape index (κ2) is 15.7. The number of aliphatic imine (C=N–C) groups is 2. The SMILES string of the molecule is N=C=O.O=C=NCCN=C=O. The van der Waals surface area contributed by atoms with Crippen molar-refractivity contribution in [1.82, 2.24) is 0 Å². The molecule has 0 spiro atoms. The zero-order valence-electron chi connectivity index (χ0n) is 5.53. The number of hydrogen-bond donors (Lipinski definition) is 1. The van der Waals surface area contributed by atoms with Gasteiger partial charge in [-0.1, -0.05) is 0 Å². The van der Waals surface area contributed by atoms with Crippen LogP contribution < -0.4 is 0 Å². The van der Waals surface area contributed by atoms with Gasteiger partial charge in [-0.05, 0) is 0 Å². The molecular weight excluding hydrogens is 150 g/mol. The summed E-state index contributed by atoms with van der Waals surface area (Å²) >= 11 is 0. The Balaban J connectivity index is 0. The molecule has 0 rings (SSSR count). The maximum atomic E-state index is 9.34. The second-order valence-corrected chi connectivity index (χ2v) is 1.05. The smallest absolute Gasteiger partial charge is 0.222 e. The molecule has 0 aromatic carbocycles. The van der Waals surface area contributed by atoms with Crippen LogP contribution in [0.5, 0.6) is 0 Å². The average molecular weight is 155 g/mol. The second-order valence-electron chi connectivity index (χ2n) is 1.05. The lowest BCUT2D eigenvalue weighted by Crippen LogP contribution is -1.82. The van der Waals surface area contributed by atoms with Crippen LogP contribution in [0.4, 0.5) is 0 Å². The molecule has 0 saturated heterocycles. The van der Waals surface area contributed by atoms with E-state index in [0.717, 1.165) is 6.08 Å². The molecule has 0 bridgehead atoms. The third-order valence-corrected chi connectivity index (χ3v) is 0.453. The number of carbonyl (C=O) groups excluding carboxylic acids is 3. The van der Waals surface area contributed by atoms with E-state index < -0.39 is 0 Å². The first kappa shape index (κ1) is 11.9. The maximum absolute atomic E-state index is 9.34. The van der Waals surface area contributed by atoms with Crippen molar-refractivity contribution >= 4 is 18.2 Å². The molecule has 0 unspecified atom stereocenters. The summed E-state index contributed by atoms with van der Waals surface area (Å²) in [7, 11) is 0. The Bertz CT molecular complexity index is 189. The van der Waals surface area contributed by atoms with Crippen LogP contribution in [0.3, 0.4) is 0 Å². The molecule has 0 aromatic heterocycles. The van der Waals surface area contributed by atoms with Crippen LogP contribution in [0.1, 0.15) is 0 Å². The third kappa shape index (κ3) is 31.1. The predicted octanol–water partition coefficient (Wildman–Crippen LogP) is -0.441. The normalized spacial score (nSPS) is 5.45. The molecule has 58 valence electrons. The molecule has 6 heteroatoms. The number of rotatable bonds is 3. The van der Waals surface area contributed by atoms with Crippen LogP contribution in [0, 0.1) is 5.41 Å². The fourth-order valence-corrected chi connectivity index (χ4v) is 0.191. The summed E-state index contributed by atoms with van der Waals surface area (Å²) in [5.74, 6) is 0. The predicted molar refractivity (Wildman–Crippen MR) is 34.4 cm³/mol. The summed E-state index contributed by atoms with van der Waals surface area (Å²) in [4.78, 5) is 33.3. The number of nitrogens with one attached hydrogen (secondary N) is 1. The van der Waals surface area contributed by atoms with Gasteiger partial charge in [0.15, 0.2) is 0 Å². The Hall–Kier alpha value is -1.86. The van der Waals surface area contributed by atoms with E-state index in [-0.39, 0.29) is 13.1 Å². The summed E-state index contributed by atoms with van der Waals surface area (Å²) in [6.07, 6.45) is 3.37. The van der Waals surface area contributed by atoms with Crippen molar-refractivity contribution in [2.45, 2.75) is 0 Å². The van der Waals surface area contributed by atoms with Crippen LogP contribution in [0.2, 0.25) is 0 Å². The lowest BCUT2D eigenvalue weighted by molar-refractivity contribution is 0.560. The molecule has 0 aliphatic rings. The molecule has 0 aliphatic heterocycles. The monoisotopic (exact) mass is 155 g/mol. The minimum absolute atomic E-state index is 0.221. The van der Waals surface area contributed by atoms with E-state index in [1.54, 1.807) is 0 Å². The highest BCUT2D eigenvalue weighted by Crippen LogP contribution is 1.66. The minimum atomic E-state index is 0.221. The topological polar surface area (TPSA) is 99.8 Å². The van der Waals surface area contributed by atoms with Gasteiger partial charge in [0.25, 0.3) is 0 Å². The first-order valence-electron chi connectivity index (χ1n) is 2.44. The van der Waals surface area contributed by atoms with Gasteiger partial charge in [0, 0.05) is 0 Å². The molecular formula is C5H5N3O3.